The molecule has 124 valence electrons. The average Bonchev–Trinajstić information content (AvgIpc) is 3.03. The third-order valence-electron chi connectivity index (χ3n) is 5.81. The van der Waals surface area contributed by atoms with E-state index in [1.54, 1.807) is 6.26 Å². The monoisotopic (exact) mass is 322 g/mol. The summed E-state index contributed by atoms with van der Waals surface area (Å²) in [5.41, 5.74) is 2.03. The number of furan rings is 1. The molecule has 1 unspecified atom stereocenters. The molecule has 1 aromatic heterocycles. The summed E-state index contributed by atoms with van der Waals surface area (Å²) in [6.07, 6.45) is 5.16. The number of rotatable bonds is 4. The van der Waals surface area contributed by atoms with Crippen molar-refractivity contribution in [2.24, 2.45) is 5.92 Å². The van der Waals surface area contributed by atoms with Gasteiger partial charge in [-0.3, -0.25) is 9.69 Å². The zero-order valence-electron chi connectivity index (χ0n) is 13.8. The standard InChI is InChI=1S/C20H22N2O2/c23-19-20(9-10-21(14-20)13-16-4-3-11-24-16)17-5-1-2-6-18(17)22(19)12-15-7-8-15/h1-6,11,15H,7-10,12-14H2. The Kier molecular flexibility index (Phi) is 3.10. The van der Waals surface area contributed by atoms with Crippen LogP contribution in [0.4, 0.5) is 5.69 Å². The van der Waals surface area contributed by atoms with Crippen molar-refractivity contribution in [3.05, 3.63) is 54.0 Å². The third kappa shape index (κ3) is 2.13. The lowest BCUT2D eigenvalue weighted by Crippen LogP contribution is -2.43. The fraction of sp³-hybridized carbons (Fsp3) is 0.450. The van der Waals surface area contributed by atoms with Gasteiger partial charge in [0, 0.05) is 25.3 Å². The van der Waals surface area contributed by atoms with Gasteiger partial charge in [0.25, 0.3) is 0 Å². The topological polar surface area (TPSA) is 36.7 Å². The number of anilines is 1. The Bertz CT molecular complexity index is 766. The van der Waals surface area contributed by atoms with Crippen LogP contribution in [0.15, 0.2) is 47.1 Å². The van der Waals surface area contributed by atoms with Gasteiger partial charge in [-0.25, -0.2) is 0 Å². The van der Waals surface area contributed by atoms with Crippen molar-refractivity contribution in [2.45, 2.75) is 31.2 Å². The zero-order valence-corrected chi connectivity index (χ0v) is 13.8. The molecule has 2 fully saturated rings. The molecule has 1 atom stereocenters. The molecule has 1 spiro atoms. The Labute approximate surface area is 142 Å². The largest absolute Gasteiger partial charge is 0.468 e. The van der Waals surface area contributed by atoms with Crippen LogP contribution < -0.4 is 4.90 Å². The van der Waals surface area contributed by atoms with Crippen LogP contribution in [0.3, 0.4) is 0 Å². The maximum absolute atomic E-state index is 13.4. The predicted octanol–water partition coefficient (Wildman–Crippen LogP) is 3.18. The molecule has 1 aromatic carbocycles. The Morgan fingerprint density at radius 2 is 2.04 bits per heavy atom. The lowest BCUT2D eigenvalue weighted by atomic mass is 9.81. The van der Waals surface area contributed by atoms with Crippen LogP contribution in [0.2, 0.25) is 0 Å². The summed E-state index contributed by atoms with van der Waals surface area (Å²) >= 11 is 0. The zero-order chi connectivity index (χ0) is 16.1. The number of hydrogen-bond acceptors (Lipinski definition) is 3. The fourth-order valence-corrected chi connectivity index (χ4v) is 4.38. The van der Waals surface area contributed by atoms with Crippen molar-refractivity contribution in [1.29, 1.82) is 0 Å². The number of carbonyl (C=O) groups excluding carboxylic acids is 1. The molecule has 1 saturated carbocycles. The highest BCUT2D eigenvalue weighted by Gasteiger charge is 2.54. The van der Waals surface area contributed by atoms with Crippen LogP contribution in [-0.2, 0) is 16.8 Å². The molecule has 3 heterocycles. The minimum absolute atomic E-state index is 0.317. The number of benzene rings is 1. The first kappa shape index (κ1) is 14.3. The van der Waals surface area contributed by atoms with E-state index in [4.69, 9.17) is 4.42 Å². The molecule has 0 radical (unpaired) electrons. The van der Waals surface area contributed by atoms with Crippen LogP contribution in [0, 0.1) is 5.92 Å². The van der Waals surface area contributed by atoms with E-state index in [-0.39, 0.29) is 5.41 Å². The average molecular weight is 322 g/mol. The maximum Gasteiger partial charge on any atom is 0.239 e. The molecule has 1 aliphatic carbocycles. The summed E-state index contributed by atoms with van der Waals surface area (Å²) in [6.45, 7) is 3.42. The lowest BCUT2D eigenvalue weighted by molar-refractivity contribution is -0.122. The number of para-hydroxylation sites is 1. The van der Waals surface area contributed by atoms with E-state index >= 15 is 0 Å². The first-order valence-electron chi connectivity index (χ1n) is 8.92. The second-order valence-corrected chi connectivity index (χ2v) is 7.50. The van der Waals surface area contributed by atoms with Crippen molar-refractivity contribution in [1.82, 2.24) is 4.90 Å². The highest BCUT2D eigenvalue weighted by molar-refractivity contribution is 6.08. The van der Waals surface area contributed by atoms with Gasteiger partial charge in [0.05, 0.1) is 18.2 Å². The van der Waals surface area contributed by atoms with Gasteiger partial charge >= 0.3 is 0 Å². The molecule has 2 aromatic rings. The number of amides is 1. The Balaban J connectivity index is 1.45. The van der Waals surface area contributed by atoms with Gasteiger partial charge in [0.15, 0.2) is 0 Å². The van der Waals surface area contributed by atoms with Gasteiger partial charge in [-0.15, -0.1) is 0 Å². The van der Waals surface area contributed by atoms with E-state index in [0.717, 1.165) is 44.0 Å². The van der Waals surface area contributed by atoms with Gasteiger partial charge < -0.3 is 9.32 Å². The molecule has 0 N–H and O–H groups in total. The molecule has 24 heavy (non-hydrogen) atoms. The molecule has 3 aliphatic rings. The number of hydrogen-bond donors (Lipinski definition) is 0. The molecule has 4 heteroatoms. The van der Waals surface area contributed by atoms with Crippen molar-refractivity contribution in [3.8, 4) is 0 Å². The minimum atomic E-state index is -0.349. The van der Waals surface area contributed by atoms with E-state index < -0.39 is 0 Å². The first-order valence-corrected chi connectivity index (χ1v) is 8.92. The van der Waals surface area contributed by atoms with E-state index in [1.165, 1.54) is 18.4 Å². The van der Waals surface area contributed by atoms with Crippen molar-refractivity contribution >= 4 is 11.6 Å². The quantitative estimate of drug-likeness (QED) is 0.867. The summed E-state index contributed by atoms with van der Waals surface area (Å²) in [5.74, 6) is 2.00. The summed E-state index contributed by atoms with van der Waals surface area (Å²) in [7, 11) is 0. The molecular formula is C20H22N2O2. The van der Waals surface area contributed by atoms with Gasteiger partial charge in [-0.2, -0.15) is 0 Å². The molecule has 5 rings (SSSR count). The summed E-state index contributed by atoms with van der Waals surface area (Å²) < 4.78 is 5.49. The van der Waals surface area contributed by atoms with Crippen LogP contribution >= 0.6 is 0 Å². The lowest BCUT2D eigenvalue weighted by Gasteiger charge is -2.24. The van der Waals surface area contributed by atoms with Gasteiger partial charge in [-0.05, 0) is 48.9 Å². The highest BCUT2D eigenvalue weighted by atomic mass is 16.3. The van der Waals surface area contributed by atoms with E-state index in [1.807, 2.05) is 12.1 Å². The highest BCUT2D eigenvalue weighted by Crippen LogP contribution is 2.48. The number of carbonyl (C=O) groups is 1. The second kappa shape index (κ2) is 5.21. The van der Waals surface area contributed by atoms with Crippen LogP contribution in [-0.4, -0.2) is 30.4 Å². The van der Waals surface area contributed by atoms with Crippen molar-refractivity contribution in [3.63, 3.8) is 0 Å². The molecule has 4 nitrogen and oxygen atoms in total. The van der Waals surface area contributed by atoms with Gasteiger partial charge in [0.2, 0.25) is 5.91 Å². The third-order valence-corrected chi connectivity index (χ3v) is 5.81. The van der Waals surface area contributed by atoms with E-state index in [0.29, 0.717) is 11.8 Å². The van der Waals surface area contributed by atoms with Gasteiger partial charge in [-0.1, -0.05) is 18.2 Å². The molecule has 0 bridgehead atoms. The van der Waals surface area contributed by atoms with Gasteiger partial charge in [0.1, 0.15) is 5.76 Å². The molecule has 1 saturated heterocycles. The summed E-state index contributed by atoms with van der Waals surface area (Å²) in [4.78, 5) is 17.8. The SMILES string of the molecule is O=C1N(CC2CC2)c2ccccc2C12CCN(Cc1ccco1)C2. The summed E-state index contributed by atoms with van der Waals surface area (Å²) in [6, 6.07) is 12.4. The maximum atomic E-state index is 13.4. The predicted molar refractivity (Wildman–Crippen MR) is 91.8 cm³/mol. The Morgan fingerprint density at radius 1 is 1.17 bits per heavy atom. The van der Waals surface area contributed by atoms with Crippen LogP contribution in [0.1, 0.15) is 30.6 Å². The van der Waals surface area contributed by atoms with Crippen LogP contribution in [0.25, 0.3) is 0 Å². The van der Waals surface area contributed by atoms with E-state index in [9.17, 15) is 4.79 Å². The number of nitrogens with zero attached hydrogens (tertiary/aromatic N) is 2. The second-order valence-electron chi connectivity index (χ2n) is 7.50. The van der Waals surface area contributed by atoms with Crippen molar-refractivity contribution < 1.29 is 9.21 Å². The van der Waals surface area contributed by atoms with Crippen LogP contribution in [0.5, 0.6) is 0 Å². The first-order chi connectivity index (χ1) is 11.8. The smallest absolute Gasteiger partial charge is 0.239 e. The number of likely N-dealkylation sites (tertiary alicyclic amines) is 1. The normalized spacial score (nSPS) is 26.5. The van der Waals surface area contributed by atoms with E-state index in [2.05, 4.69) is 34.1 Å². The molecule has 1 amide bonds. The molecular weight excluding hydrogens is 300 g/mol. The number of fused-ring (bicyclic) bond motifs is 2. The van der Waals surface area contributed by atoms with Crippen molar-refractivity contribution in [2.75, 3.05) is 24.5 Å². The Morgan fingerprint density at radius 3 is 2.83 bits per heavy atom. The minimum Gasteiger partial charge on any atom is -0.468 e. The summed E-state index contributed by atoms with van der Waals surface area (Å²) in [5, 5.41) is 0. The molecule has 2 aliphatic heterocycles. The fourth-order valence-electron chi connectivity index (χ4n) is 4.38. The Hall–Kier alpha value is -2.07.